The zero-order chi connectivity index (χ0) is 17.9. The van der Waals surface area contributed by atoms with E-state index in [0.29, 0.717) is 6.42 Å². The fraction of sp³-hybridized carbons (Fsp3) is 0.333. The first-order valence-electron chi connectivity index (χ1n) is 9.10. The number of hydrogen-bond donors (Lipinski definition) is 3. The molecule has 132 valence electrons. The quantitative estimate of drug-likeness (QED) is 0.779. The number of amides is 2. The van der Waals surface area contributed by atoms with E-state index in [4.69, 9.17) is 0 Å². The summed E-state index contributed by atoms with van der Waals surface area (Å²) >= 11 is 0. The lowest BCUT2D eigenvalue weighted by Gasteiger charge is -2.26. The highest BCUT2D eigenvalue weighted by Crippen LogP contribution is 2.60. The first-order valence-corrected chi connectivity index (χ1v) is 9.10. The predicted molar refractivity (Wildman–Crippen MR) is 96.9 cm³/mol. The molecule has 0 bridgehead atoms. The minimum atomic E-state index is -0.668. The van der Waals surface area contributed by atoms with Gasteiger partial charge in [-0.1, -0.05) is 24.3 Å². The van der Waals surface area contributed by atoms with Crippen LogP contribution in [0.25, 0.3) is 0 Å². The molecule has 5 rings (SSSR count). The summed E-state index contributed by atoms with van der Waals surface area (Å²) in [5.74, 6) is -0.0724. The third-order valence-electron chi connectivity index (χ3n) is 6.10. The van der Waals surface area contributed by atoms with Crippen LogP contribution in [0.4, 0.5) is 5.69 Å². The lowest BCUT2D eigenvalue weighted by Crippen LogP contribution is -2.41. The van der Waals surface area contributed by atoms with Crippen LogP contribution in [0.2, 0.25) is 0 Å². The van der Waals surface area contributed by atoms with Gasteiger partial charge in [0.1, 0.15) is 5.75 Å². The van der Waals surface area contributed by atoms with Crippen molar-refractivity contribution in [1.82, 2.24) is 5.32 Å². The summed E-state index contributed by atoms with van der Waals surface area (Å²) in [6.07, 6.45) is 3.04. The van der Waals surface area contributed by atoms with Gasteiger partial charge in [-0.15, -0.1) is 0 Å². The maximum absolute atomic E-state index is 12.8. The molecule has 3 N–H and O–H groups in total. The van der Waals surface area contributed by atoms with Crippen LogP contribution in [0.5, 0.6) is 5.75 Å². The summed E-state index contributed by atoms with van der Waals surface area (Å²) in [6, 6.07) is 13.2. The smallest absolute Gasteiger partial charge is 0.235 e. The highest BCUT2D eigenvalue weighted by Gasteiger charge is 2.67. The fourth-order valence-corrected chi connectivity index (χ4v) is 4.63. The number of carbonyl (C=O) groups is 2. The average Bonchev–Trinajstić information content (AvgIpc) is 3.32. The second-order valence-electron chi connectivity index (χ2n) is 7.63. The number of hydrogen-bond acceptors (Lipinski definition) is 3. The number of aryl methyl sites for hydroxylation is 1. The Balaban J connectivity index is 1.31. The molecule has 1 aliphatic heterocycles. The van der Waals surface area contributed by atoms with Crippen molar-refractivity contribution in [3.05, 3.63) is 59.2 Å². The van der Waals surface area contributed by atoms with Gasteiger partial charge in [-0.05, 0) is 60.6 Å². The molecule has 3 atom stereocenters. The van der Waals surface area contributed by atoms with Gasteiger partial charge in [0, 0.05) is 11.7 Å². The molecular formula is C21H20N2O3. The number of carbonyl (C=O) groups excluding carboxylic acids is 2. The molecule has 1 fully saturated rings. The van der Waals surface area contributed by atoms with Crippen LogP contribution in [-0.4, -0.2) is 23.0 Å². The minimum absolute atomic E-state index is 0.0240. The molecule has 5 nitrogen and oxygen atoms in total. The Morgan fingerprint density at radius 1 is 1.19 bits per heavy atom. The van der Waals surface area contributed by atoms with E-state index in [-0.39, 0.29) is 29.5 Å². The molecule has 0 radical (unpaired) electrons. The Morgan fingerprint density at radius 3 is 2.92 bits per heavy atom. The Kier molecular flexibility index (Phi) is 3.17. The summed E-state index contributed by atoms with van der Waals surface area (Å²) in [5.41, 5.74) is 3.45. The van der Waals surface area contributed by atoms with Crippen LogP contribution in [0.15, 0.2) is 42.5 Å². The summed E-state index contributed by atoms with van der Waals surface area (Å²) in [4.78, 5) is 25.3. The molecule has 2 amide bonds. The van der Waals surface area contributed by atoms with Crippen LogP contribution >= 0.6 is 0 Å². The predicted octanol–water partition coefficient (Wildman–Crippen LogP) is 2.28. The first kappa shape index (κ1) is 15.4. The molecule has 2 aromatic carbocycles. The van der Waals surface area contributed by atoms with Gasteiger partial charge in [0.25, 0.3) is 0 Å². The van der Waals surface area contributed by atoms with Gasteiger partial charge < -0.3 is 15.7 Å². The van der Waals surface area contributed by atoms with E-state index in [1.54, 1.807) is 6.07 Å². The average molecular weight is 348 g/mol. The largest absolute Gasteiger partial charge is 0.508 e. The van der Waals surface area contributed by atoms with Gasteiger partial charge in [-0.2, -0.15) is 0 Å². The van der Waals surface area contributed by atoms with E-state index < -0.39 is 5.41 Å². The monoisotopic (exact) mass is 348 g/mol. The van der Waals surface area contributed by atoms with Gasteiger partial charge in [-0.3, -0.25) is 9.59 Å². The normalized spacial score (nSPS) is 28.2. The molecule has 0 aromatic heterocycles. The number of nitrogens with one attached hydrogen (secondary N) is 2. The van der Waals surface area contributed by atoms with E-state index in [9.17, 15) is 14.7 Å². The van der Waals surface area contributed by atoms with Crippen molar-refractivity contribution in [1.29, 1.82) is 0 Å². The van der Waals surface area contributed by atoms with Crippen molar-refractivity contribution in [2.75, 3.05) is 5.32 Å². The van der Waals surface area contributed by atoms with E-state index in [1.807, 2.05) is 36.4 Å². The molecule has 1 heterocycles. The maximum Gasteiger partial charge on any atom is 0.235 e. The SMILES string of the molecule is O=C(NC1CCc2cc(O)ccc2C1)C1CC12C(=O)Nc1ccccc12. The van der Waals surface area contributed by atoms with Gasteiger partial charge in [0.2, 0.25) is 11.8 Å². The van der Waals surface area contributed by atoms with Crippen molar-refractivity contribution in [2.24, 2.45) is 5.92 Å². The van der Waals surface area contributed by atoms with Crippen molar-refractivity contribution in [3.8, 4) is 5.75 Å². The molecule has 1 saturated carbocycles. The van der Waals surface area contributed by atoms with E-state index >= 15 is 0 Å². The minimum Gasteiger partial charge on any atom is -0.508 e. The third-order valence-corrected chi connectivity index (χ3v) is 6.10. The van der Waals surface area contributed by atoms with Crippen molar-refractivity contribution in [2.45, 2.75) is 37.1 Å². The second-order valence-corrected chi connectivity index (χ2v) is 7.63. The number of phenolic OH excluding ortho intramolecular Hbond substituents is 1. The summed E-state index contributed by atoms with van der Waals surface area (Å²) in [7, 11) is 0. The molecular weight excluding hydrogens is 328 g/mol. The van der Waals surface area contributed by atoms with Crippen molar-refractivity contribution >= 4 is 17.5 Å². The van der Waals surface area contributed by atoms with Crippen molar-refractivity contribution in [3.63, 3.8) is 0 Å². The number of aromatic hydroxyl groups is 1. The number of fused-ring (bicyclic) bond motifs is 3. The Bertz CT molecular complexity index is 939. The van der Waals surface area contributed by atoms with Gasteiger partial charge in [-0.25, -0.2) is 0 Å². The number of anilines is 1. The Hall–Kier alpha value is -2.82. The lowest BCUT2D eigenvalue weighted by molar-refractivity contribution is -0.126. The molecule has 3 aliphatic rings. The van der Waals surface area contributed by atoms with E-state index in [2.05, 4.69) is 10.6 Å². The molecule has 3 unspecified atom stereocenters. The maximum atomic E-state index is 12.8. The zero-order valence-electron chi connectivity index (χ0n) is 14.3. The number of rotatable bonds is 2. The molecule has 1 spiro atoms. The summed E-state index contributed by atoms with van der Waals surface area (Å²) in [6.45, 7) is 0. The van der Waals surface area contributed by atoms with Gasteiger partial charge in [0.15, 0.2) is 0 Å². The van der Waals surface area contributed by atoms with Crippen LogP contribution in [0.1, 0.15) is 29.5 Å². The highest BCUT2D eigenvalue weighted by atomic mass is 16.3. The topological polar surface area (TPSA) is 78.4 Å². The molecule has 26 heavy (non-hydrogen) atoms. The van der Waals surface area contributed by atoms with Crippen LogP contribution in [0.3, 0.4) is 0 Å². The summed E-state index contributed by atoms with van der Waals surface area (Å²) in [5, 5.41) is 15.7. The molecule has 2 aromatic rings. The molecule has 2 aliphatic carbocycles. The number of benzene rings is 2. The van der Waals surface area contributed by atoms with Gasteiger partial charge in [0.05, 0.1) is 11.3 Å². The second kappa shape index (κ2) is 5.34. The van der Waals surface area contributed by atoms with Crippen molar-refractivity contribution < 1.29 is 14.7 Å². The van der Waals surface area contributed by atoms with Crippen LogP contribution < -0.4 is 10.6 Å². The van der Waals surface area contributed by atoms with Crippen LogP contribution in [0, 0.1) is 5.92 Å². The number of para-hydroxylation sites is 1. The lowest BCUT2D eigenvalue weighted by atomic mass is 9.88. The molecule has 0 saturated heterocycles. The summed E-state index contributed by atoms with van der Waals surface area (Å²) < 4.78 is 0. The highest BCUT2D eigenvalue weighted by molar-refractivity contribution is 6.12. The van der Waals surface area contributed by atoms with E-state index in [1.165, 1.54) is 5.56 Å². The first-order chi connectivity index (χ1) is 12.6. The van der Waals surface area contributed by atoms with E-state index in [0.717, 1.165) is 36.1 Å². The number of phenols is 1. The standard InChI is InChI=1S/C21H20N2O3/c24-15-8-6-12-9-14(7-5-13(12)10-15)22-19(25)17-11-21(17)16-3-1-2-4-18(16)23-20(21)26/h1-4,6,8,10,14,17,24H,5,7,9,11H2,(H,22,25)(H,23,26). The van der Waals surface area contributed by atoms with Crippen LogP contribution in [-0.2, 0) is 27.8 Å². The third kappa shape index (κ3) is 2.16. The Morgan fingerprint density at radius 2 is 2.04 bits per heavy atom. The Labute approximate surface area is 151 Å². The molecule has 5 heteroatoms. The fourth-order valence-electron chi connectivity index (χ4n) is 4.63. The van der Waals surface area contributed by atoms with Gasteiger partial charge >= 0.3 is 0 Å². The zero-order valence-corrected chi connectivity index (χ0v) is 14.3.